The topological polar surface area (TPSA) is 81.1 Å². The highest BCUT2D eigenvalue weighted by Crippen LogP contribution is 2.37. The van der Waals surface area contributed by atoms with Gasteiger partial charge in [-0.25, -0.2) is 4.68 Å². The van der Waals surface area contributed by atoms with Crippen molar-refractivity contribution >= 4 is 52.5 Å². The Morgan fingerprint density at radius 1 is 1.10 bits per heavy atom. The molecule has 0 saturated carbocycles. The van der Waals surface area contributed by atoms with E-state index in [2.05, 4.69) is 22.5 Å². The maximum Gasteiger partial charge on any atom is 0.255 e. The molecule has 1 amide bonds. The summed E-state index contributed by atoms with van der Waals surface area (Å²) >= 11 is 13.9. The Balaban J connectivity index is 1.44. The number of aromatic nitrogens is 3. The summed E-state index contributed by atoms with van der Waals surface area (Å²) in [6.45, 7) is 4.31. The van der Waals surface area contributed by atoms with Crippen LogP contribution in [0.3, 0.4) is 0 Å². The fraction of sp³-hybridized carbons (Fsp3) is 0.207. The fourth-order valence-corrected chi connectivity index (χ4v) is 5.40. The van der Waals surface area contributed by atoms with Crippen molar-refractivity contribution in [2.75, 3.05) is 16.4 Å². The van der Waals surface area contributed by atoms with Crippen molar-refractivity contribution in [1.82, 2.24) is 14.8 Å². The third-order valence-corrected chi connectivity index (χ3v) is 7.78. The average molecular weight is 581 g/mol. The van der Waals surface area contributed by atoms with Crippen LogP contribution in [0.5, 0.6) is 5.75 Å². The molecule has 10 heteroatoms. The smallest absolute Gasteiger partial charge is 0.255 e. The zero-order chi connectivity index (χ0) is 27.4. The second-order valence-corrected chi connectivity index (χ2v) is 10.9. The van der Waals surface area contributed by atoms with Gasteiger partial charge in [-0.3, -0.25) is 4.79 Å². The Labute approximate surface area is 241 Å². The van der Waals surface area contributed by atoms with Gasteiger partial charge in [-0.2, -0.15) is 4.98 Å². The lowest BCUT2D eigenvalue weighted by atomic mass is 9.95. The van der Waals surface area contributed by atoms with Crippen LogP contribution in [0.4, 0.5) is 11.6 Å². The average Bonchev–Trinajstić information content (AvgIpc) is 3.33. The van der Waals surface area contributed by atoms with Gasteiger partial charge in [-0.05, 0) is 55.3 Å². The second-order valence-electron chi connectivity index (χ2n) is 8.99. The van der Waals surface area contributed by atoms with Gasteiger partial charge in [-0.15, -0.1) is 5.10 Å². The number of benzene rings is 3. The Morgan fingerprint density at radius 3 is 2.59 bits per heavy atom. The van der Waals surface area contributed by atoms with Gasteiger partial charge in [0.15, 0.2) is 0 Å². The summed E-state index contributed by atoms with van der Waals surface area (Å²) in [6.07, 6.45) is 1.01. The molecule has 39 heavy (non-hydrogen) atoms. The number of nitrogens with one attached hydrogen (secondary N) is 2. The van der Waals surface area contributed by atoms with Gasteiger partial charge in [0.2, 0.25) is 11.1 Å². The summed E-state index contributed by atoms with van der Waals surface area (Å²) in [5.41, 5.74) is 3.72. The summed E-state index contributed by atoms with van der Waals surface area (Å²) < 4.78 is 7.76. The summed E-state index contributed by atoms with van der Waals surface area (Å²) in [6, 6.07) is 21.9. The summed E-state index contributed by atoms with van der Waals surface area (Å²) in [4.78, 5) is 18.3. The Bertz CT molecular complexity index is 1510. The highest BCUT2D eigenvalue weighted by Gasteiger charge is 2.34. The van der Waals surface area contributed by atoms with Crippen LogP contribution in [0, 0.1) is 0 Å². The van der Waals surface area contributed by atoms with Crippen LogP contribution in [0.2, 0.25) is 10.0 Å². The maximum atomic E-state index is 13.6. The van der Waals surface area contributed by atoms with E-state index in [-0.39, 0.29) is 5.91 Å². The largest absolute Gasteiger partial charge is 0.489 e. The predicted octanol–water partition coefficient (Wildman–Crippen LogP) is 7.59. The number of nitrogens with zero attached hydrogens (tertiary/aromatic N) is 3. The van der Waals surface area contributed by atoms with Crippen molar-refractivity contribution < 1.29 is 9.53 Å². The molecule has 0 bridgehead atoms. The molecule has 0 saturated heterocycles. The SMILES string of the molecule is CCCSc1nc2n(n1)C(c1ccc(OCc3ccc(Cl)cc3Cl)cc1)C(C(=O)Nc1ccccc1)=C(C)N2. The number of hydrogen-bond donors (Lipinski definition) is 2. The first-order valence-electron chi connectivity index (χ1n) is 12.5. The molecule has 1 aromatic heterocycles. The molecule has 4 aromatic rings. The highest BCUT2D eigenvalue weighted by molar-refractivity contribution is 7.99. The number of fused-ring (bicyclic) bond motifs is 1. The van der Waals surface area contributed by atoms with E-state index in [0.29, 0.717) is 39.1 Å². The minimum absolute atomic E-state index is 0.210. The van der Waals surface area contributed by atoms with E-state index in [0.717, 1.165) is 34.7 Å². The normalized spacial score (nSPS) is 14.5. The molecule has 0 radical (unpaired) electrons. The van der Waals surface area contributed by atoms with Crippen LogP contribution < -0.4 is 15.4 Å². The van der Waals surface area contributed by atoms with Crippen molar-refractivity contribution in [2.24, 2.45) is 0 Å². The van der Waals surface area contributed by atoms with E-state index in [1.165, 1.54) is 0 Å². The minimum Gasteiger partial charge on any atom is -0.489 e. The zero-order valence-electron chi connectivity index (χ0n) is 21.4. The number of thioether (sulfide) groups is 1. The minimum atomic E-state index is -0.479. The number of amides is 1. The van der Waals surface area contributed by atoms with Crippen LogP contribution in [-0.4, -0.2) is 26.4 Å². The number of halogens is 2. The van der Waals surface area contributed by atoms with Gasteiger partial charge >= 0.3 is 0 Å². The van der Waals surface area contributed by atoms with Gasteiger partial charge in [0.05, 0.1) is 5.57 Å². The molecule has 2 N–H and O–H groups in total. The standard InChI is InChI=1S/C29H27Cl2N5O2S/c1-3-15-39-29-34-28-32-18(2)25(27(37)33-22-7-5-4-6-8-22)26(36(28)35-29)19-10-13-23(14-11-19)38-17-20-9-12-21(30)16-24(20)31/h4-14,16,26H,3,15,17H2,1-2H3,(H,33,37)(H,32,34,35). The van der Waals surface area contributed by atoms with Crippen LogP contribution in [0.25, 0.3) is 0 Å². The van der Waals surface area contributed by atoms with E-state index in [9.17, 15) is 4.79 Å². The first-order valence-corrected chi connectivity index (χ1v) is 14.3. The molecule has 1 aliphatic heterocycles. The van der Waals surface area contributed by atoms with Crippen molar-refractivity contribution in [2.45, 2.75) is 38.1 Å². The van der Waals surface area contributed by atoms with Crippen molar-refractivity contribution in [3.8, 4) is 5.75 Å². The number of carbonyl (C=O) groups is 1. The first kappa shape index (κ1) is 27.1. The molecule has 0 fully saturated rings. The van der Waals surface area contributed by atoms with E-state index >= 15 is 0 Å². The molecule has 1 aliphatic rings. The van der Waals surface area contributed by atoms with Crippen LogP contribution in [-0.2, 0) is 11.4 Å². The Morgan fingerprint density at radius 2 is 1.87 bits per heavy atom. The zero-order valence-corrected chi connectivity index (χ0v) is 23.8. The third-order valence-electron chi connectivity index (χ3n) is 6.15. The van der Waals surface area contributed by atoms with Crippen molar-refractivity contribution in [3.05, 3.63) is 105 Å². The van der Waals surface area contributed by atoms with Gasteiger partial charge in [-0.1, -0.05) is 78.3 Å². The Hall–Kier alpha value is -3.46. The van der Waals surface area contributed by atoms with E-state index in [1.807, 2.05) is 67.6 Å². The fourth-order valence-electron chi connectivity index (χ4n) is 4.25. The van der Waals surface area contributed by atoms with Crippen LogP contribution >= 0.6 is 35.0 Å². The van der Waals surface area contributed by atoms with Gasteiger partial charge in [0, 0.05) is 32.7 Å². The Kier molecular flexibility index (Phi) is 8.45. The number of para-hydroxylation sites is 1. The molecule has 1 unspecified atom stereocenters. The number of hydrogen-bond acceptors (Lipinski definition) is 6. The first-order chi connectivity index (χ1) is 18.9. The molecule has 2 heterocycles. The molecule has 7 nitrogen and oxygen atoms in total. The van der Waals surface area contributed by atoms with E-state index < -0.39 is 6.04 Å². The van der Waals surface area contributed by atoms with E-state index in [1.54, 1.807) is 28.6 Å². The molecule has 200 valence electrons. The number of carbonyl (C=O) groups excluding carboxylic acids is 1. The van der Waals surface area contributed by atoms with Crippen molar-refractivity contribution in [1.29, 1.82) is 0 Å². The summed E-state index contributed by atoms with van der Waals surface area (Å²) in [5, 5.41) is 12.9. The number of anilines is 2. The molecule has 3 aromatic carbocycles. The molecule has 1 atom stereocenters. The van der Waals surface area contributed by atoms with Crippen LogP contribution in [0.15, 0.2) is 89.2 Å². The maximum absolute atomic E-state index is 13.6. The number of ether oxygens (including phenoxy) is 1. The third kappa shape index (κ3) is 6.24. The van der Waals surface area contributed by atoms with E-state index in [4.69, 9.17) is 33.0 Å². The molecule has 0 aliphatic carbocycles. The molecular weight excluding hydrogens is 553 g/mol. The number of rotatable bonds is 9. The molecular formula is C29H27Cl2N5O2S. The lowest BCUT2D eigenvalue weighted by molar-refractivity contribution is -0.113. The van der Waals surface area contributed by atoms with Gasteiger partial charge in [0.1, 0.15) is 18.4 Å². The summed E-state index contributed by atoms with van der Waals surface area (Å²) in [5.74, 6) is 1.97. The monoisotopic (exact) mass is 579 g/mol. The van der Waals surface area contributed by atoms with Crippen molar-refractivity contribution in [3.63, 3.8) is 0 Å². The lowest BCUT2D eigenvalue weighted by Crippen LogP contribution is -2.31. The molecule has 0 spiro atoms. The molecule has 5 rings (SSSR count). The summed E-state index contributed by atoms with van der Waals surface area (Å²) in [7, 11) is 0. The van der Waals surface area contributed by atoms with Gasteiger partial charge < -0.3 is 15.4 Å². The quantitative estimate of drug-likeness (QED) is 0.199. The lowest BCUT2D eigenvalue weighted by Gasteiger charge is -2.28. The number of allylic oxidation sites excluding steroid dienone is 1. The second kappa shape index (κ2) is 12.2. The predicted molar refractivity (Wildman–Crippen MR) is 158 cm³/mol. The van der Waals surface area contributed by atoms with Gasteiger partial charge in [0.25, 0.3) is 5.91 Å². The highest BCUT2D eigenvalue weighted by atomic mass is 35.5. The van der Waals surface area contributed by atoms with Crippen LogP contribution in [0.1, 0.15) is 37.4 Å².